The molecule has 4 rings (SSSR count). The van der Waals surface area contributed by atoms with Crippen molar-refractivity contribution in [3.05, 3.63) is 54.0 Å². The van der Waals surface area contributed by atoms with Gasteiger partial charge in [0.2, 0.25) is 11.9 Å². The number of rotatable bonds is 7. The van der Waals surface area contributed by atoms with Gasteiger partial charge < -0.3 is 15.8 Å². The van der Waals surface area contributed by atoms with Crippen LogP contribution in [-0.4, -0.2) is 39.4 Å². The van der Waals surface area contributed by atoms with Crippen molar-refractivity contribution in [1.82, 2.24) is 19.7 Å². The molecule has 2 aromatic heterocycles. The highest BCUT2D eigenvalue weighted by Crippen LogP contribution is 2.33. The molecule has 1 atom stereocenters. The normalized spacial score (nSPS) is 16.0. The Morgan fingerprint density at radius 2 is 2.23 bits per heavy atom. The molecule has 1 aromatic carbocycles. The molecule has 0 bridgehead atoms. The van der Waals surface area contributed by atoms with Gasteiger partial charge in [0, 0.05) is 25.1 Å². The maximum absolute atomic E-state index is 12.0. The van der Waals surface area contributed by atoms with E-state index in [1.807, 2.05) is 12.3 Å². The molecule has 2 heterocycles. The molecule has 8 heteroatoms. The predicted octanol–water partition coefficient (Wildman–Crippen LogP) is 3.03. The number of carbonyl (C=O) groups excluding carboxylic acids is 1. The number of methoxy groups -OCH3 is 1. The summed E-state index contributed by atoms with van der Waals surface area (Å²) in [4.78, 5) is 21.0. The van der Waals surface area contributed by atoms with Crippen molar-refractivity contribution in [1.29, 1.82) is 0 Å². The number of hydrogen-bond donors (Lipinski definition) is 2. The topological polar surface area (TPSA) is 108 Å². The smallest absolute Gasteiger partial charge is 0.227 e. The number of aryl methyl sites for hydroxylation is 1. The summed E-state index contributed by atoms with van der Waals surface area (Å²) in [6, 6.07) is 8.08. The first-order valence-electron chi connectivity index (χ1n) is 10.2. The third-order valence-electron chi connectivity index (χ3n) is 5.42. The Morgan fingerprint density at radius 1 is 1.33 bits per heavy atom. The molecule has 1 amide bonds. The molecular weight excluding hydrogens is 380 g/mol. The summed E-state index contributed by atoms with van der Waals surface area (Å²) in [5, 5.41) is 7.48. The molecular formula is C22H26N6O2. The van der Waals surface area contributed by atoms with E-state index < -0.39 is 0 Å². The number of nitrogens with two attached hydrogens (primary N) is 1. The Labute approximate surface area is 175 Å². The van der Waals surface area contributed by atoms with Crippen molar-refractivity contribution >= 4 is 17.5 Å². The van der Waals surface area contributed by atoms with Gasteiger partial charge in [-0.15, -0.1) is 0 Å². The first-order valence-corrected chi connectivity index (χ1v) is 10.2. The zero-order valence-corrected chi connectivity index (χ0v) is 17.0. The fourth-order valence-electron chi connectivity index (χ4n) is 3.87. The van der Waals surface area contributed by atoms with Crippen LogP contribution in [0.3, 0.4) is 0 Å². The van der Waals surface area contributed by atoms with Gasteiger partial charge in [0.15, 0.2) is 0 Å². The van der Waals surface area contributed by atoms with E-state index in [1.54, 1.807) is 24.2 Å². The van der Waals surface area contributed by atoms with E-state index in [2.05, 4.69) is 38.6 Å². The van der Waals surface area contributed by atoms with Gasteiger partial charge in [-0.3, -0.25) is 9.48 Å². The molecule has 0 aliphatic heterocycles. The van der Waals surface area contributed by atoms with Crippen LogP contribution < -0.4 is 11.1 Å². The van der Waals surface area contributed by atoms with Crippen molar-refractivity contribution in [2.75, 3.05) is 19.0 Å². The molecule has 8 nitrogen and oxygen atoms in total. The van der Waals surface area contributed by atoms with Gasteiger partial charge in [-0.2, -0.15) is 5.10 Å². The molecule has 0 saturated carbocycles. The number of amides is 1. The average Bonchev–Trinajstić information content (AvgIpc) is 3.08. The lowest BCUT2D eigenvalue weighted by atomic mass is 9.90. The number of carbonyl (C=O) groups is 1. The Morgan fingerprint density at radius 3 is 3.07 bits per heavy atom. The van der Waals surface area contributed by atoms with Gasteiger partial charge in [0.1, 0.15) is 0 Å². The third kappa shape index (κ3) is 4.49. The van der Waals surface area contributed by atoms with Gasteiger partial charge in [0.25, 0.3) is 0 Å². The van der Waals surface area contributed by atoms with Gasteiger partial charge in [-0.1, -0.05) is 18.6 Å². The molecule has 156 valence electrons. The summed E-state index contributed by atoms with van der Waals surface area (Å²) in [6.07, 6.45) is 9.20. The highest BCUT2D eigenvalue weighted by molar-refractivity contribution is 5.83. The Kier molecular flexibility index (Phi) is 6.04. The number of anilines is 2. The number of aromatic nitrogens is 4. The maximum Gasteiger partial charge on any atom is 0.227 e. The van der Waals surface area contributed by atoms with Crippen LogP contribution >= 0.6 is 0 Å². The molecule has 0 radical (unpaired) electrons. The van der Waals surface area contributed by atoms with E-state index in [4.69, 9.17) is 10.5 Å². The first kappa shape index (κ1) is 20.0. The van der Waals surface area contributed by atoms with E-state index in [1.165, 1.54) is 5.56 Å². The minimum Gasteiger partial charge on any atom is -0.383 e. The van der Waals surface area contributed by atoms with E-state index in [-0.39, 0.29) is 11.8 Å². The summed E-state index contributed by atoms with van der Waals surface area (Å²) in [6.45, 7) is 1.27. The van der Waals surface area contributed by atoms with Gasteiger partial charge in [-0.05, 0) is 42.5 Å². The Hall–Kier alpha value is -3.26. The average molecular weight is 406 g/mol. The summed E-state index contributed by atoms with van der Waals surface area (Å²) in [5.41, 5.74) is 10.5. The number of hydrogen-bond acceptors (Lipinski definition) is 6. The molecule has 1 unspecified atom stereocenters. The van der Waals surface area contributed by atoms with Crippen LogP contribution in [0.1, 0.15) is 36.3 Å². The third-order valence-corrected chi connectivity index (χ3v) is 5.42. The maximum atomic E-state index is 12.0. The summed E-state index contributed by atoms with van der Waals surface area (Å²) in [7, 11) is 1.66. The highest BCUT2D eigenvalue weighted by Gasteiger charge is 2.23. The second-order valence-electron chi connectivity index (χ2n) is 7.49. The van der Waals surface area contributed by atoms with Crippen LogP contribution in [0.2, 0.25) is 0 Å². The molecule has 0 saturated heterocycles. The first-order chi connectivity index (χ1) is 14.6. The second-order valence-corrected chi connectivity index (χ2v) is 7.49. The SMILES string of the molecule is COCCn1cc(Nc2nccc(-c3ccc4c(c3)C(C(N)=O)CCCC4)n2)cn1. The van der Waals surface area contributed by atoms with E-state index >= 15 is 0 Å². The quantitative estimate of drug-likeness (QED) is 0.584. The number of ether oxygens (including phenoxy) is 1. The fourth-order valence-corrected chi connectivity index (χ4v) is 3.87. The van der Waals surface area contributed by atoms with Crippen molar-refractivity contribution < 1.29 is 9.53 Å². The Bertz CT molecular complexity index is 1030. The molecule has 1 aliphatic carbocycles. The lowest BCUT2D eigenvalue weighted by Gasteiger charge is -2.15. The summed E-state index contributed by atoms with van der Waals surface area (Å²) >= 11 is 0. The van der Waals surface area contributed by atoms with Crippen molar-refractivity contribution in [2.45, 2.75) is 38.1 Å². The van der Waals surface area contributed by atoms with Crippen LogP contribution in [0.5, 0.6) is 0 Å². The van der Waals surface area contributed by atoms with Crippen molar-refractivity contribution in [2.24, 2.45) is 5.73 Å². The van der Waals surface area contributed by atoms with Gasteiger partial charge in [0.05, 0.1) is 36.6 Å². The standard InChI is InChI=1S/C22H26N6O2/c1-30-11-10-28-14-17(13-25-28)26-22-24-9-8-20(27-22)16-7-6-15-4-2-3-5-18(21(23)29)19(15)12-16/h6-9,12-14,18H,2-5,10-11H2,1H3,(H2,23,29)(H,24,26,27). The largest absolute Gasteiger partial charge is 0.383 e. The molecule has 30 heavy (non-hydrogen) atoms. The zero-order valence-electron chi connectivity index (χ0n) is 17.0. The fraction of sp³-hybridized carbons (Fsp3) is 0.364. The van der Waals surface area contributed by atoms with Crippen LogP contribution in [0.15, 0.2) is 42.9 Å². The number of primary amides is 1. The molecule has 3 aromatic rings. The second kappa shape index (κ2) is 9.04. The van der Waals surface area contributed by atoms with Crippen LogP contribution in [0, 0.1) is 0 Å². The zero-order chi connectivity index (χ0) is 20.9. The number of nitrogens with zero attached hydrogens (tertiary/aromatic N) is 4. The molecule has 1 aliphatic rings. The van der Waals surface area contributed by atoms with E-state index in [0.717, 1.165) is 48.2 Å². The number of benzene rings is 1. The predicted molar refractivity (Wildman–Crippen MR) is 114 cm³/mol. The van der Waals surface area contributed by atoms with Crippen LogP contribution in [0.4, 0.5) is 11.6 Å². The molecule has 3 N–H and O–H groups in total. The van der Waals surface area contributed by atoms with Crippen LogP contribution in [-0.2, 0) is 22.5 Å². The monoisotopic (exact) mass is 406 g/mol. The van der Waals surface area contributed by atoms with Crippen molar-refractivity contribution in [3.63, 3.8) is 0 Å². The number of nitrogens with one attached hydrogen (secondary N) is 1. The van der Waals surface area contributed by atoms with Crippen LogP contribution in [0.25, 0.3) is 11.3 Å². The molecule has 0 spiro atoms. The lowest BCUT2D eigenvalue weighted by molar-refractivity contribution is -0.119. The van der Waals surface area contributed by atoms with Gasteiger partial charge in [-0.25, -0.2) is 9.97 Å². The number of fused-ring (bicyclic) bond motifs is 1. The van der Waals surface area contributed by atoms with E-state index in [9.17, 15) is 4.79 Å². The minimum absolute atomic E-state index is 0.236. The minimum atomic E-state index is -0.258. The van der Waals surface area contributed by atoms with Gasteiger partial charge >= 0.3 is 0 Å². The summed E-state index contributed by atoms with van der Waals surface area (Å²) < 4.78 is 6.87. The van der Waals surface area contributed by atoms with E-state index in [0.29, 0.717) is 19.1 Å². The molecule has 0 fully saturated rings. The van der Waals surface area contributed by atoms with Crippen molar-refractivity contribution in [3.8, 4) is 11.3 Å². The lowest BCUT2D eigenvalue weighted by Crippen LogP contribution is -2.21. The highest BCUT2D eigenvalue weighted by atomic mass is 16.5. The summed E-state index contributed by atoms with van der Waals surface area (Å²) in [5.74, 6) is -0.00849. The Balaban J connectivity index is 1.58.